The molecule has 29 heavy (non-hydrogen) atoms. The Morgan fingerprint density at radius 2 is 1.83 bits per heavy atom. The molecule has 0 saturated carbocycles. The van der Waals surface area contributed by atoms with Crippen LogP contribution < -0.4 is 10.9 Å². The average Bonchev–Trinajstić information content (AvgIpc) is 3.36. The summed E-state index contributed by atoms with van der Waals surface area (Å²) in [6.07, 6.45) is 3.99. The summed E-state index contributed by atoms with van der Waals surface area (Å²) < 4.78 is 2.85. The molecule has 0 atom stereocenters. The number of nitrogens with one attached hydrogen (secondary N) is 2. The third kappa shape index (κ3) is 4.87. The number of nitrogens with zero attached hydrogens (tertiary/aromatic N) is 2. The smallest absolute Gasteiger partial charge is 0.279 e. The van der Waals surface area contributed by atoms with E-state index < -0.39 is 0 Å². The number of thioether (sulfide) groups is 1. The number of hydrazine groups is 1. The molecule has 0 spiro atoms. The average molecular weight is 487 g/mol. The van der Waals surface area contributed by atoms with E-state index in [1.807, 2.05) is 47.1 Å². The van der Waals surface area contributed by atoms with Crippen molar-refractivity contribution < 1.29 is 9.59 Å². The fourth-order valence-electron chi connectivity index (χ4n) is 2.60. The van der Waals surface area contributed by atoms with Gasteiger partial charge < -0.3 is 4.40 Å². The number of hydrogen-bond acceptors (Lipinski definition) is 5. The first kappa shape index (κ1) is 19.7. The van der Waals surface area contributed by atoms with Gasteiger partial charge in [0, 0.05) is 28.6 Å². The molecule has 4 aromatic rings. The van der Waals surface area contributed by atoms with Gasteiger partial charge in [0.05, 0.1) is 14.4 Å². The minimum atomic E-state index is -0.370. The molecule has 3 heterocycles. The molecule has 3 aromatic heterocycles. The molecule has 9 heteroatoms. The molecular weight excluding hydrogens is 472 g/mol. The van der Waals surface area contributed by atoms with Gasteiger partial charge in [-0.2, -0.15) is 0 Å². The number of benzene rings is 1. The standard InChI is InChI=1S/C20H15BrN4O2S2/c21-17-9-8-16(29-17)20(27)24-23-19(26)13-4-6-15(7-5-13)28-12-14-11-25-10-2-1-3-18(25)22-14/h1-11H,12H2,(H,23,26)(H,24,27). The van der Waals surface area contributed by atoms with Gasteiger partial charge in [-0.05, 0) is 64.5 Å². The SMILES string of the molecule is O=C(NNC(=O)c1ccc(Br)s1)c1ccc(SCc2cn3ccccc3n2)cc1. The lowest BCUT2D eigenvalue weighted by Crippen LogP contribution is -2.41. The maximum Gasteiger partial charge on any atom is 0.279 e. The van der Waals surface area contributed by atoms with Crippen molar-refractivity contribution in [1.82, 2.24) is 20.2 Å². The number of pyridine rings is 1. The van der Waals surface area contributed by atoms with E-state index in [1.54, 1.807) is 36.0 Å². The van der Waals surface area contributed by atoms with E-state index in [2.05, 4.69) is 31.8 Å². The largest absolute Gasteiger partial charge is 0.307 e. The Morgan fingerprint density at radius 3 is 2.55 bits per heavy atom. The quantitative estimate of drug-likeness (QED) is 0.321. The van der Waals surface area contributed by atoms with Crippen LogP contribution in [-0.2, 0) is 5.75 Å². The number of fused-ring (bicyclic) bond motifs is 1. The molecular formula is C20H15BrN4O2S2. The van der Waals surface area contributed by atoms with Crippen molar-refractivity contribution in [3.63, 3.8) is 0 Å². The zero-order valence-electron chi connectivity index (χ0n) is 15.0. The van der Waals surface area contributed by atoms with Crippen LogP contribution in [-0.4, -0.2) is 21.2 Å². The van der Waals surface area contributed by atoms with Gasteiger partial charge in [-0.15, -0.1) is 23.1 Å². The van der Waals surface area contributed by atoms with Crippen LogP contribution in [0.4, 0.5) is 0 Å². The van der Waals surface area contributed by atoms with Gasteiger partial charge in [-0.1, -0.05) is 6.07 Å². The van der Waals surface area contributed by atoms with E-state index >= 15 is 0 Å². The first-order valence-electron chi connectivity index (χ1n) is 8.60. The van der Waals surface area contributed by atoms with Crippen molar-refractivity contribution in [2.75, 3.05) is 0 Å². The summed E-state index contributed by atoms with van der Waals surface area (Å²) in [5, 5.41) is 0. The van der Waals surface area contributed by atoms with Crippen molar-refractivity contribution in [3.8, 4) is 0 Å². The van der Waals surface area contributed by atoms with Crippen LogP contribution in [0.3, 0.4) is 0 Å². The number of halogens is 1. The van der Waals surface area contributed by atoms with Crippen LogP contribution in [0.2, 0.25) is 0 Å². The number of rotatable bonds is 5. The van der Waals surface area contributed by atoms with Crippen LogP contribution in [0, 0.1) is 0 Å². The highest BCUT2D eigenvalue weighted by Crippen LogP contribution is 2.23. The van der Waals surface area contributed by atoms with Crippen LogP contribution >= 0.6 is 39.0 Å². The van der Waals surface area contributed by atoms with E-state index in [-0.39, 0.29) is 11.8 Å². The van der Waals surface area contributed by atoms with Gasteiger partial charge in [0.2, 0.25) is 0 Å². The molecule has 2 amide bonds. The molecule has 0 aliphatic rings. The van der Waals surface area contributed by atoms with Gasteiger partial charge >= 0.3 is 0 Å². The summed E-state index contributed by atoms with van der Waals surface area (Å²) >= 11 is 6.25. The zero-order chi connectivity index (χ0) is 20.2. The monoisotopic (exact) mass is 486 g/mol. The van der Waals surface area contributed by atoms with Gasteiger partial charge in [-0.25, -0.2) is 4.98 Å². The first-order chi connectivity index (χ1) is 14.1. The number of carbonyl (C=O) groups excluding carboxylic acids is 2. The van der Waals surface area contributed by atoms with Crippen molar-refractivity contribution in [1.29, 1.82) is 0 Å². The molecule has 6 nitrogen and oxygen atoms in total. The molecule has 0 fully saturated rings. The van der Waals surface area contributed by atoms with Crippen molar-refractivity contribution >= 4 is 56.5 Å². The lowest BCUT2D eigenvalue weighted by atomic mass is 10.2. The molecule has 0 radical (unpaired) electrons. The molecule has 0 saturated heterocycles. The predicted molar refractivity (Wildman–Crippen MR) is 118 cm³/mol. The number of aromatic nitrogens is 2. The van der Waals surface area contributed by atoms with Crippen LogP contribution in [0.1, 0.15) is 25.7 Å². The Morgan fingerprint density at radius 1 is 1.03 bits per heavy atom. The number of thiophene rings is 1. The molecule has 2 N–H and O–H groups in total. The number of amides is 2. The lowest BCUT2D eigenvalue weighted by molar-refractivity contribution is 0.0849. The molecule has 0 aliphatic heterocycles. The van der Waals surface area contributed by atoms with Gasteiger partial charge in [0.25, 0.3) is 11.8 Å². The Hall–Kier alpha value is -2.62. The number of hydrogen-bond donors (Lipinski definition) is 2. The van der Waals surface area contributed by atoms with Crippen molar-refractivity contribution in [3.05, 3.63) is 86.9 Å². The number of imidazole rings is 1. The van der Waals surface area contributed by atoms with Crippen molar-refractivity contribution in [2.45, 2.75) is 10.6 Å². The second-order valence-electron chi connectivity index (χ2n) is 6.02. The highest BCUT2D eigenvalue weighted by atomic mass is 79.9. The summed E-state index contributed by atoms with van der Waals surface area (Å²) in [6.45, 7) is 0. The highest BCUT2D eigenvalue weighted by Gasteiger charge is 2.11. The normalized spacial score (nSPS) is 10.8. The maximum absolute atomic E-state index is 12.2. The summed E-state index contributed by atoms with van der Waals surface area (Å²) in [4.78, 5) is 30.3. The van der Waals surface area contributed by atoms with E-state index in [0.717, 1.165) is 25.8 Å². The lowest BCUT2D eigenvalue weighted by Gasteiger charge is -2.07. The zero-order valence-corrected chi connectivity index (χ0v) is 18.2. The minimum absolute atomic E-state index is 0.353. The first-order valence-corrected chi connectivity index (χ1v) is 11.2. The van der Waals surface area contributed by atoms with Gasteiger partial charge in [-0.3, -0.25) is 20.4 Å². The highest BCUT2D eigenvalue weighted by molar-refractivity contribution is 9.11. The van der Waals surface area contributed by atoms with Gasteiger partial charge in [0.15, 0.2) is 0 Å². The molecule has 0 bridgehead atoms. The molecule has 0 unspecified atom stereocenters. The topological polar surface area (TPSA) is 75.5 Å². The third-order valence-electron chi connectivity index (χ3n) is 4.00. The molecule has 4 rings (SSSR count). The number of carbonyl (C=O) groups is 2. The summed E-state index contributed by atoms with van der Waals surface area (Å²) in [7, 11) is 0. The Bertz CT molecular complexity index is 1140. The van der Waals surface area contributed by atoms with Crippen LogP contribution in [0.15, 0.2) is 75.7 Å². The maximum atomic E-state index is 12.2. The summed E-state index contributed by atoms with van der Waals surface area (Å²) in [5.74, 6) is 0.0131. The van der Waals surface area contributed by atoms with E-state index in [0.29, 0.717) is 10.4 Å². The van der Waals surface area contributed by atoms with E-state index in [9.17, 15) is 9.59 Å². The Kier molecular flexibility index (Phi) is 5.98. The Balaban J connectivity index is 1.31. The Labute approximate surface area is 183 Å². The second-order valence-corrected chi connectivity index (χ2v) is 9.54. The summed E-state index contributed by atoms with van der Waals surface area (Å²) in [6, 6.07) is 16.6. The molecule has 1 aromatic carbocycles. The predicted octanol–water partition coefficient (Wildman–Crippen LogP) is 4.53. The third-order valence-corrected chi connectivity index (χ3v) is 6.67. The van der Waals surface area contributed by atoms with Gasteiger partial charge in [0.1, 0.15) is 5.65 Å². The fourth-order valence-corrected chi connectivity index (χ4v) is 4.66. The summed E-state index contributed by atoms with van der Waals surface area (Å²) in [5.41, 5.74) is 7.23. The van der Waals surface area contributed by atoms with E-state index in [4.69, 9.17) is 0 Å². The van der Waals surface area contributed by atoms with Crippen LogP contribution in [0.5, 0.6) is 0 Å². The van der Waals surface area contributed by atoms with E-state index in [1.165, 1.54) is 11.3 Å². The van der Waals surface area contributed by atoms with Crippen molar-refractivity contribution in [2.24, 2.45) is 0 Å². The minimum Gasteiger partial charge on any atom is -0.307 e. The fraction of sp³-hybridized carbons (Fsp3) is 0.0500. The van der Waals surface area contributed by atoms with Crippen LogP contribution in [0.25, 0.3) is 5.65 Å². The second kappa shape index (κ2) is 8.81. The molecule has 0 aliphatic carbocycles. The molecule has 146 valence electrons.